The van der Waals surface area contributed by atoms with Gasteiger partial charge in [-0.1, -0.05) is 60.1 Å². The normalized spacial score (nSPS) is 14.4. The van der Waals surface area contributed by atoms with E-state index in [0.29, 0.717) is 10.9 Å². The Labute approximate surface area is 228 Å². The molecule has 8 heteroatoms. The molecular weight excluding hydrogens is 550 g/mol. The van der Waals surface area contributed by atoms with Crippen molar-refractivity contribution in [1.29, 1.82) is 0 Å². The molecule has 0 radical (unpaired) electrons. The lowest BCUT2D eigenvalue weighted by Crippen LogP contribution is -2.40. The fourth-order valence-electron chi connectivity index (χ4n) is 4.96. The third-order valence-electron chi connectivity index (χ3n) is 7.05. The lowest BCUT2D eigenvalue weighted by Gasteiger charge is -2.32. The number of piperidine rings is 1. The Morgan fingerprint density at radius 2 is 1.76 bits per heavy atom. The van der Waals surface area contributed by atoms with E-state index >= 15 is 0 Å². The first-order valence-corrected chi connectivity index (χ1v) is 13.5. The third kappa shape index (κ3) is 4.81. The highest BCUT2D eigenvalue weighted by atomic mass is 79.9. The van der Waals surface area contributed by atoms with E-state index in [0.717, 1.165) is 76.0 Å². The van der Waals surface area contributed by atoms with Crippen molar-refractivity contribution in [3.63, 3.8) is 0 Å². The largest absolute Gasteiger partial charge is 0.370 e. The van der Waals surface area contributed by atoms with Gasteiger partial charge in [0.1, 0.15) is 5.82 Å². The summed E-state index contributed by atoms with van der Waals surface area (Å²) in [5.74, 6) is 1.42. The number of carbonyl (C=O) groups is 1. The summed E-state index contributed by atoms with van der Waals surface area (Å²) in [7, 11) is 0. The average molecular weight is 575 g/mol. The van der Waals surface area contributed by atoms with E-state index in [1.807, 2.05) is 70.1 Å². The lowest BCUT2D eigenvalue weighted by molar-refractivity contribution is 0.0695. The maximum Gasteiger partial charge on any atom is 0.253 e. The van der Waals surface area contributed by atoms with Gasteiger partial charge in [0.15, 0.2) is 5.65 Å². The molecule has 1 aliphatic rings. The highest BCUT2D eigenvalue weighted by Crippen LogP contribution is 2.31. The summed E-state index contributed by atoms with van der Waals surface area (Å²) in [5.41, 5.74) is 3.16. The van der Waals surface area contributed by atoms with Crippen molar-refractivity contribution < 1.29 is 4.79 Å². The van der Waals surface area contributed by atoms with Crippen LogP contribution in [0.4, 0.5) is 5.82 Å². The number of nitrogens with one attached hydrogen (secondary N) is 1. The Hall–Kier alpha value is -3.42. The van der Waals surface area contributed by atoms with E-state index in [9.17, 15) is 4.79 Å². The minimum Gasteiger partial charge on any atom is -0.370 e. The first-order chi connectivity index (χ1) is 18.1. The Balaban J connectivity index is 1.14. The van der Waals surface area contributed by atoms with E-state index in [4.69, 9.17) is 16.6 Å². The number of benzene rings is 3. The molecule has 0 aliphatic carbocycles. The number of amides is 1. The number of anilines is 1. The van der Waals surface area contributed by atoms with Gasteiger partial charge in [-0.3, -0.25) is 4.79 Å². The van der Waals surface area contributed by atoms with Crippen molar-refractivity contribution in [1.82, 2.24) is 19.5 Å². The summed E-state index contributed by atoms with van der Waals surface area (Å²) >= 11 is 10.0. The van der Waals surface area contributed by atoms with Crippen molar-refractivity contribution in [3.8, 4) is 11.3 Å². The second kappa shape index (κ2) is 10.1. The van der Waals surface area contributed by atoms with Crippen LogP contribution in [0.5, 0.6) is 0 Å². The maximum atomic E-state index is 13.2. The molecule has 0 saturated carbocycles. The molecule has 6 nitrogen and oxygen atoms in total. The highest BCUT2D eigenvalue weighted by Gasteiger charge is 2.24. The molecule has 1 saturated heterocycles. The van der Waals surface area contributed by atoms with Gasteiger partial charge in [-0.15, -0.1) is 0 Å². The second-order valence-electron chi connectivity index (χ2n) is 9.41. The molecule has 3 aromatic carbocycles. The fourth-order valence-corrected chi connectivity index (χ4v) is 5.54. The fraction of sp³-hybridized carbons (Fsp3) is 0.207. The van der Waals surface area contributed by atoms with Gasteiger partial charge in [-0.05, 0) is 63.7 Å². The van der Waals surface area contributed by atoms with Crippen LogP contribution >= 0.6 is 27.5 Å². The van der Waals surface area contributed by atoms with Crippen molar-refractivity contribution >= 4 is 55.7 Å². The molecule has 6 rings (SSSR count). The van der Waals surface area contributed by atoms with Crippen LogP contribution in [0.3, 0.4) is 0 Å². The minimum absolute atomic E-state index is 0.110. The van der Waals surface area contributed by atoms with Crippen LogP contribution in [0.25, 0.3) is 27.7 Å². The Kier molecular flexibility index (Phi) is 6.57. The molecule has 1 amide bonds. The van der Waals surface area contributed by atoms with Crippen LogP contribution in [0.1, 0.15) is 23.2 Å². The zero-order chi connectivity index (χ0) is 25.4. The van der Waals surface area contributed by atoms with Gasteiger partial charge < -0.3 is 10.2 Å². The van der Waals surface area contributed by atoms with Gasteiger partial charge in [-0.2, -0.15) is 9.61 Å². The molecule has 5 aromatic rings. The number of hydrogen-bond donors (Lipinski definition) is 1. The quantitative estimate of drug-likeness (QED) is 0.247. The molecule has 0 bridgehead atoms. The average Bonchev–Trinajstić information content (AvgIpc) is 3.32. The number of halogens is 2. The zero-order valence-corrected chi connectivity index (χ0v) is 22.4. The predicted octanol–water partition coefficient (Wildman–Crippen LogP) is 6.93. The first-order valence-electron chi connectivity index (χ1n) is 12.4. The predicted molar refractivity (Wildman–Crippen MR) is 152 cm³/mol. The number of fused-ring (bicyclic) bond motifs is 2. The van der Waals surface area contributed by atoms with Crippen LogP contribution in [0, 0.1) is 5.92 Å². The number of aromatic nitrogens is 3. The summed E-state index contributed by atoms with van der Waals surface area (Å²) in [6.45, 7) is 2.29. The molecule has 0 spiro atoms. The number of carbonyl (C=O) groups excluding carboxylic acids is 1. The number of hydrogen-bond acceptors (Lipinski definition) is 4. The van der Waals surface area contributed by atoms with Gasteiger partial charge >= 0.3 is 0 Å². The minimum atomic E-state index is 0.110. The first kappa shape index (κ1) is 23.9. The van der Waals surface area contributed by atoms with Gasteiger partial charge in [0, 0.05) is 41.9 Å². The van der Waals surface area contributed by atoms with Crippen molar-refractivity contribution in [2.24, 2.45) is 5.92 Å². The van der Waals surface area contributed by atoms with E-state index < -0.39 is 0 Å². The molecule has 0 unspecified atom stereocenters. The topological polar surface area (TPSA) is 62.5 Å². The smallest absolute Gasteiger partial charge is 0.253 e. The van der Waals surface area contributed by atoms with Gasteiger partial charge in [0.25, 0.3) is 5.91 Å². The Morgan fingerprint density at radius 1 is 1.00 bits per heavy atom. The molecule has 0 atom stereocenters. The molecule has 37 heavy (non-hydrogen) atoms. The van der Waals surface area contributed by atoms with Crippen LogP contribution in [-0.4, -0.2) is 45.0 Å². The summed E-state index contributed by atoms with van der Waals surface area (Å²) in [6.07, 6.45) is 3.64. The van der Waals surface area contributed by atoms with E-state index in [2.05, 4.69) is 38.5 Å². The standard InChI is InChI=1S/C29H25BrClN5O/c30-24-18-33-36-27(16-26(34-28(24)36)23-7-3-4-8-25(23)31)32-17-19-11-13-35(14-12-19)29(37)22-10-9-20-5-1-2-6-21(20)15-22/h1-10,15-16,18-19,32H,11-14,17H2. The SMILES string of the molecule is O=C(c1ccc2ccccc2c1)N1CCC(CNc2cc(-c3ccccc3Cl)nc3c(Br)cnn23)CC1. The number of rotatable bonds is 5. The number of likely N-dealkylation sites (tertiary alicyclic amines) is 1. The molecule has 2 aromatic heterocycles. The van der Waals surface area contributed by atoms with Crippen molar-refractivity contribution in [2.75, 3.05) is 25.0 Å². The van der Waals surface area contributed by atoms with Crippen LogP contribution in [-0.2, 0) is 0 Å². The number of nitrogens with zero attached hydrogens (tertiary/aromatic N) is 4. The van der Waals surface area contributed by atoms with Crippen LogP contribution in [0.15, 0.2) is 83.5 Å². The summed E-state index contributed by atoms with van der Waals surface area (Å²) in [6, 6.07) is 23.8. The third-order valence-corrected chi connectivity index (χ3v) is 7.94. The van der Waals surface area contributed by atoms with Crippen LogP contribution in [0.2, 0.25) is 5.02 Å². The molecule has 1 fully saturated rings. The monoisotopic (exact) mass is 573 g/mol. The van der Waals surface area contributed by atoms with Crippen molar-refractivity contribution in [3.05, 3.63) is 94.1 Å². The van der Waals surface area contributed by atoms with Gasteiger partial charge in [-0.25, -0.2) is 4.98 Å². The molecular formula is C29H25BrClN5O. The summed E-state index contributed by atoms with van der Waals surface area (Å²) in [4.78, 5) is 19.9. The summed E-state index contributed by atoms with van der Waals surface area (Å²) in [5, 5.41) is 11.0. The van der Waals surface area contributed by atoms with E-state index in [1.165, 1.54) is 0 Å². The van der Waals surface area contributed by atoms with E-state index in [1.54, 1.807) is 6.20 Å². The van der Waals surface area contributed by atoms with Gasteiger partial charge in [0.2, 0.25) is 0 Å². The molecule has 186 valence electrons. The molecule has 3 heterocycles. The zero-order valence-electron chi connectivity index (χ0n) is 20.1. The summed E-state index contributed by atoms with van der Waals surface area (Å²) < 4.78 is 2.63. The second-order valence-corrected chi connectivity index (χ2v) is 10.7. The Morgan fingerprint density at radius 3 is 2.57 bits per heavy atom. The highest BCUT2D eigenvalue weighted by molar-refractivity contribution is 9.10. The maximum absolute atomic E-state index is 13.2. The molecule has 1 N–H and O–H groups in total. The van der Waals surface area contributed by atoms with E-state index in [-0.39, 0.29) is 5.91 Å². The lowest BCUT2D eigenvalue weighted by atomic mass is 9.96. The van der Waals surface area contributed by atoms with Crippen molar-refractivity contribution in [2.45, 2.75) is 12.8 Å². The van der Waals surface area contributed by atoms with Crippen LogP contribution < -0.4 is 5.32 Å². The molecule has 1 aliphatic heterocycles. The Bertz CT molecular complexity index is 1610. The van der Waals surface area contributed by atoms with Gasteiger partial charge in [0.05, 0.1) is 16.4 Å².